The summed E-state index contributed by atoms with van der Waals surface area (Å²) in [6.45, 7) is 9.72. The molecule has 1 aliphatic heterocycles. The average Bonchev–Trinajstić information content (AvgIpc) is 2.81. The van der Waals surface area contributed by atoms with Crippen LogP contribution in [-0.2, 0) is 20.9 Å². The van der Waals surface area contributed by atoms with Gasteiger partial charge in [0.15, 0.2) is 0 Å². The fourth-order valence-corrected chi connectivity index (χ4v) is 3.75. The second kappa shape index (κ2) is 17.0. The molecule has 0 aliphatic carbocycles. The molecule has 2 rings (SSSR count). The highest BCUT2D eigenvalue weighted by Crippen LogP contribution is 2.17. The predicted molar refractivity (Wildman–Crippen MR) is 134 cm³/mol. The molecule has 1 aromatic rings. The van der Waals surface area contributed by atoms with Crippen molar-refractivity contribution in [2.75, 3.05) is 53.5 Å². The second-order valence-corrected chi connectivity index (χ2v) is 8.28. The lowest BCUT2D eigenvalue weighted by molar-refractivity contribution is -0.163. The SMILES string of the molecule is CC=O.CCCCOCCCN(C)CC1N(CC)C(=O)CN(C)N1C(=O)NCc1ccccc1. The van der Waals surface area contributed by atoms with Gasteiger partial charge >= 0.3 is 6.03 Å². The molecule has 9 nitrogen and oxygen atoms in total. The molecule has 0 saturated carbocycles. The number of hydrazine groups is 1. The van der Waals surface area contributed by atoms with Crippen molar-refractivity contribution < 1.29 is 19.1 Å². The molecule has 9 heteroatoms. The average molecular weight is 478 g/mol. The molecule has 192 valence electrons. The molecular weight excluding hydrogens is 434 g/mol. The number of unbranched alkanes of at least 4 members (excludes halogenated alkanes) is 1. The first kappa shape index (κ1) is 29.5. The Kier molecular flexibility index (Phi) is 14.8. The third-order valence-electron chi connectivity index (χ3n) is 5.48. The Balaban J connectivity index is 0.00000182. The molecule has 0 spiro atoms. The van der Waals surface area contributed by atoms with Gasteiger partial charge in [0, 0.05) is 46.4 Å². The molecule has 0 bridgehead atoms. The summed E-state index contributed by atoms with van der Waals surface area (Å²) in [5.74, 6) is 0.0402. The Morgan fingerprint density at radius 2 is 1.85 bits per heavy atom. The number of hydrogen-bond acceptors (Lipinski definition) is 6. The van der Waals surface area contributed by atoms with Gasteiger partial charge in [-0.1, -0.05) is 43.7 Å². The first-order valence-electron chi connectivity index (χ1n) is 12.2. The number of hydrogen-bond donors (Lipinski definition) is 1. The van der Waals surface area contributed by atoms with Crippen LogP contribution in [0.4, 0.5) is 4.79 Å². The monoisotopic (exact) mass is 477 g/mol. The van der Waals surface area contributed by atoms with Crippen molar-refractivity contribution in [1.29, 1.82) is 0 Å². The summed E-state index contributed by atoms with van der Waals surface area (Å²) in [6, 6.07) is 9.63. The van der Waals surface area contributed by atoms with Gasteiger partial charge < -0.3 is 24.6 Å². The fourth-order valence-electron chi connectivity index (χ4n) is 3.75. The van der Waals surface area contributed by atoms with E-state index in [9.17, 15) is 9.59 Å². The Morgan fingerprint density at radius 1 is 1.21 bits per heavy atom. The Labute approximate surface area is 205 Å². The summed E-state index contributed by atoms with van der Waals surface area (Å²) in [4.78, 5) is 38.5. The number of aldehydes is 1. The third-order valence-corrected chi connectivity index (χ3v) is 5.48. The summed E-state index contributed by atoms with van der Waals surface area (Å²) in [6.07, 6.45) is 3.55. The molecule has 0 radical (unpaired) electrons. The van der Waals surface area contributed by atoms with Crippen LogP contribution in [0, 0.1) is 0 Å². The van der Waals surface area contributed by atoms with Crippen LogP contribution in [0.25, 0.3) is 0 Å². The zero-order valence-corrected chi connectivity index (χ0v) is 21.5. The van der Waals surface area contributed by atoms with E-state index in [1.165, 1.54) is 6.92 Å². The molecule has 1 N–H and O–H groups in total. The summed E-state index contributed by atoms with van der Waals surface area (Å²) in [7, 11) is 3.82. The minimum absolute atomic E-state index is 0.0402. The van der Waals surface area contributed by atoms with Gasteiger partial charge in [0.25, 0.3) is 0 Å². The quantitative estimate of drug-likeness (QED) is 0.368. The largest absolute Gasteiger partial charge is 0.381 e. The van der Waals surface area contributed by atoms with Gasteiger partial charge in [-0.3, -0.25) is 4.79 Å². The molecule has 1 saturated heterocycles. The number of benzene rings is 1. The normalized spacial score (nSPS) is 16.3. The van der Waals surface area contributed by atoms with Gasteiger partial charge in [-0.15, -0.1) is 0 Å². The maximum Gasteiger partial charge on any atom is 0.334 e. The zero-order chi connectivity index (χ0) is 25.3. The van der Waals surface area contributed by atoms with Gasteiger partial charge in [0.2, 0.25) is 5.91 Å². The van der Waals surface area contributed by atoms with E-state index < -0.39 is 0 Å². The Hall–Kier alpha value is -2.49. The number of carbonyl (C=O) groups excluding carboxylic acids is 3. The summed E-state index contributed by atoms with van der Waals surface area (Å²) < 4.78 is 5.65. The number of amides is 3. The van der Waals surface area contributed by atoms with Crippen LogP contribution < -0.4 is 5.32 Å². The molecule has 1 atom stereocenters. The van der Waals surface area contributed by atoms with Crippen LogP contribution in [0.3, 0.4) is 0 Å². The topological polar surface area (TPSA) is 85.4 Å². The number of likely N-dealkylation sites (N-methyl/N-ethyl adjacent to an activating group) is 3. The van der Waals surface area contributed by atoms with Crippen molar-refractivity contribution in [1.82, 2.24) is 25.1 Å². The van der Waals surface area contributed by atoms with Crippen molar-refractivity contribution in [3.63, 3.8) is 0 Å². The first-order valence-corrected chi connectivity index (χ1v) is 12.2. The lowest BCUT2D eigenvalue weighted by Crippen LogP contribution is -2.69. The van der Waals surface area contributed by atoms with E-state index in [2.05, 4.69) is 17.1 Å². The summed E-state index contributed by atoms with van der Waals surface area (Å²) in [5, 5.41) is 6.41. The second-order valence-electron chi connectivity index (χ2n) is 8.28. The smallest absolute Gasteiger partial charge is 0.334 e. The van der Waals surface area contributed by atoms with Crippen molar-refractivity contribution in [3.05, 3.63) is 35.9 Å². The van der Waals surface area contributed by atoms with Gasteiger partial charge in [-0.2, -0.15) is 0 Å². The molecule has 1 heterocycles. The molecule has 1 aliphatic rings. The minimum Gasteiger partial charge on any atom is -0.381 e. The molecule has 0 aromatic heterocycles. The molecular formula is C25H43N5O4. The maximum atomic E-state index is 13.1. The number of nitrogens with zero attached hydrogens (tertiary/aromatic N) is 4. The maximum absolute atomic E-state index is 13.1. The molecule has 3 amide bonds. The number of nitrogens with one attached hydrogen (secondary N) is 1. The van der Waals surface area contributed by atoms with Crippen molar-refractivity contribution >= 4 is 18.2 Å². The van der Waals surface area contributed by atoms with Crippen molar-refractivity contribution in [2.45, 2.75) is 52.7 Å². The Morgan fingerprint density at radius 3 is 2.47 bits per heavy atom. The standard InChI is InChI=1S/C23H39N5O3.C2H4O/c1-5-7-15-31-16-11-14-25(3)18-21-27(6-2)22(29)19-26(4)28(21)23(30)24-17-20-12-9-8-10-13-20;1-2-3/h8-10,12-13,21H,5-7,11,14-19H2,1-4H3,(H,24,30);2H,1H3. The summed E-state index contributed by atoms with van der Waals surface area (Å²) >= 11 is 0. The van der Waals surface area contributed by atoms with Crippen LogP contribution in [0.15, 0.2) is 30.3 Å². The highest BCUT2D eigenvalue weighted by molar-refractivity contribution is 5.82. The van der Waals surface area contributed by atoms with E-state index in [1.54, 1.807) is 22.0 Å². The fraction of sp³-hybridized carbons (Fsp3) is 0.640. The van der Waals surface area contributed by atoms with Gasteiger partial charge in [-0.05, 0) is 39.3 Å². The lowest BCUT2D eigenvalue weighted by atomic mass is 10.2. The number of rotatable bonds is 12. The minimum atomic E-state index is -0.349. The van der Waals surface area contributed by atoms with Crippen LogP contribution in [-0.4, -0.2) is 97.7 Å². The van der Waals surface area contributed by atoms with E-state index in [0.29, 0.717) is 19.6 Å². The highest BCUT2D eigenvalue weighted by Gasteiger charge is 2.39. The van der Waals surface area contributed by atoms with Gasteiger partial charge in [0.05, 0.1) is 6.54 Å². The number of urea groups is 1. The predicted octanol–water partition coefficient (Wildman–Crippen LogP) is 2.58. The summed E-state index contributed by atoms with van der Waals surface area (Å²) in [5.41, 5.74) is 1.04. The van der Waals surface area contributed by atoms with Crippen LogP contribution in [0.2, 0.25) is 0 Å². The molecule has 1 aromatic carbocycles. The zero-order valence-electron chi connectivity index (χ0n) is 21.5. The molecule has 34 heavy (non-hydrogen) atoms. The lowest BCUT2D eigenvalue weighted by Gasteiger charge is -2.48. The van der Waals surface area contributed by atoms with E-state index in [0.717, 1.165) is 50.9 Å². The third kappa shape index (κ3) is 10.2. The van der Waals surface area contributed by atoms with Crippen molar-refractivity contribution in [2.24, 2.45) is 0 Å². The van der Waals surface area contributed by atoms with Gasteiger partial charge in [-0.25, -0.2) is 14.8 Å². The highest BCUT2D eigenvalue weighted by atomic mass is 16.5. The number of carbonyl (C=O) groups is 3. The van der Waals surface area contributed by atoms with E-state index >= 15 is 0 Å². The Bertz CT molecular complexity index is 719. The molecule has 1 unspecified atom stereocenters. The van der Waals surface area contributed by atoms with Crippen LogP contribution >= 0.6 is 0 Å². The van der Waals surface area contributed by atoms with E-state index in [4.69, 9.17) is 9.53 Å². The molecule has 1 fully saturated rings. The first-order chi connectivity index (χ1) is 16.4. The van der Waals surface area contributed by atoms with Crippen molar-refractivity contribution in [3.8, 4) is 0 Å². The number of ether oxygens (including phenoxy) is 1. The van der Waals surface area contributed by atoms with Crippen LogP contribution in [0.5, 0.6) is 0 Å². The van der Waals surface area contributed by atoms with E-state index in [1.807, 2.05) is 44.3 Å². The van der Waals surface area contributed by atoms with Gasteiger partial charge in [0.1, 0.15) is 12.5 Å². The van der Waals surface area contributed by atoms with Crippen LogP contribution in [0.1, 0.15) is 45.6 Å². The van der Waals surface area contributed by atoms with E-state index in [-0.39, 0.29) is 24.6 Å².